The first-order chi connectivity index (χ1) is 10.6. The van der Waals surface area contributed by atoms with Gasteiger partial charge in [0.15, 0.2) is 0 Å². The van der Waals surface area contributed by atoms with Crippen LogP contribution in [0.3, 0.4) is 0 Å². The summed E-state index contributed by atoms with van der Waals surface area (Å²) in [4.78, 5) is 18.5. The molecular formula is C19H24N2O. The Balaban J connectivity index is 1.66. The number of hydrogen-bond donors (Lipinski definition) is 1. The molecule has 1 amide bonds. The Morgan fingerprint density at radius 2 is 1.95 bits per heavy atom. The SMILES string of the molecule is Cc1cc(C)c2cc(C(=O)N3CCC[C@@H]3C3CCC3)[nH]c2c1. The molecular weight excluding hydrogens is 272 g/mol. The number of nitrogens with one attached hydrogen (secondary N) is 1. The van der Waals surface area contributed by atoms with Gasteiger partial charge in [-0.05, 0) is 68.7 Å². The molecule has 1 saturated carbocycles. The van der Waals surface area contributed by atoms with Gasteiger partial charge in [-0.2, -0.15) is 0 Å². The van der Waals surface area contributed by atoms with Crippen molar-refractivity contribution in [2.45, 2.75) is 52.0 Å². The van der Waals surface area contributed by atoms with E-state index in [0.29, 0.717) is 6.04 Å². The molecule has 1 aliphatic heterocycles. The summed E-state index contributed by atoms with van der Waals surface area (Å²) in [5, 5.41) is 1.17. The van der Waals surface area contributed by atoms with Crippen molar-refractivity contribution >= 4 is 16.8 Å². The standard InChI is InChI=1S/C19H24N2O/c1-12-9-13(2)15-11-17(20-16(15)10-12)19(22)21-8-4-7-18(21)14-5-3-6-14/h9-11,14,18,20H,3-8H2,1-2H3/t18-/m1/s1. The monoisotopic (exact) mass is 296 g/mol. The highest BCUT2D eigenvalue weighted by Gasteiger charge is 2.37. The third-order valence-electron chi connectivity index (χ3n) is 5.57. The average molecular weight is 296 g/mol. The van der Waals surface area contributed by atoms with Crippen molar-refractivity contribution in [1.82, 2.24) is 9.88 Å². The largest absolute Gasteiger partial charge is 0.351 e. The van der Waals surface area contributed by atoms with E-state index < -0.39 is 0 Å². The Labute approximate surface area is 131 Å². The zero-order valence-electron chi connectivity index (χ0n) is 13.5. The van der Waals surface area contributed by atoms with Gasteiger partial charge in [-0.1, -0.05) is 12.5 Å². The smallest absolute Gasteiger partial charge is 0.270 e. The number of nitrogens with zero attached hydrogens (tertiary/aromatic N) is 1. The summed E-state index contributed by atoms with van der Waals surface area (Å²) in [7, 11) is 0. The second-order valence-corrected chi connectivity index (χ2v) is 7.13. The Morgan fingerprint density at radius 1 is 1.14 bits per heavy atom. The number of fused-ring (bicyclic) bond motifs is 1. The van der Waals surface area contributed by atoms with Crippen LogP contribution in [0, 0.1) is 19.8 Å². The van der Waals surface area contributed by atoms with Gasteiger partial charge in [0, 0.05) is 23.5 Å². The van der Waals surface area contributed by atoms with Gasteiger partial charge in [0.05, 0.1) is 0 Å². The van der Waals surface area contributed by atoms with Gasteiger partial charge in [0.1, 0.15) is 5.69 Å². The minimum Gasteiger partial charge on any atom is -0.351 e. The van der Waals surface area contributed by atoms with Crippen molar-refractivity contribution in [2.24, 2.45) is 5.92 Å². The molecule has 1 aromatic heterocycles. The zero-order chi connectivity index (χ0) is 15.3. The fourth-order valence-electron chi connectivity index (χ4n) is 4.23. The third kappa shape index (κ3) is 2.15. The molecule has 1 aromatic carbocycles. The molecule has 2 aliphatic rings. The van der Waals surface area contributed by atoms with E-state index in [-0.39, 0.29) is 5.91 Å². The number of amides is 1. The number of carbonyl (C=O) groups is 1. The minimum absolute atomic E-state index is 0.197. The third-order valence-corrected chi connectivity index (χ3v) is 5.57. The highest BCUT2D eigenvalue weighted by Crippen LogP contribution is 2.37. The number of aromatic nitrogens is 1. The first kappa shape index (κ1) is 13.9. The topological polar surface area (TPSA) is 36.1 Å². The first-order valence-corrected chi connectivity index (χ1v) is 8.54. The van der Waals surface area contributed by atoms with Crippen molar-refractivity contribution < 1.29 is 4.79 Å². The summed E-state index contributed by atoms with van der Waals surface area (Å²) >= 11 is 0. The van der Waals surface area contributed by atoms with Gasteiger partial charge in [-0.15, -0.1) is 0 Å². The van der Waals surface area contributed by atoms with Crippen LogP contribution in [0.4, 0.5) is 0 Å². The van der Waals surface area contributed by atoms with Gasteiger partial charge < -0.3 is 9.88 Å². The summed E-state index contributed by atoms with van der Waals surface area (Å²) in [6.45, 7) is 5.14. The highest BCUT2D eigenvalue weighted by atomic mass is 16.2. The molecule has 116 valence electrons. The van der Waals surface area contributed by atoms with E-state index in [2.05, 4.69) is 35.9 Å². The maximum atomic E-state index is 13.0. The number of aromatic amines is 1. The molecule has 0 unspecified atom stereocenters. The molecule has 3 nitrogen and oxygen atoms in total. The van der Waals surface area contributed by atoms with Crippen LogP contribution in [0.1, 0.15) is 53.7 Å². The van der Waals surface area contributed by atoms with E-state index >= 15 is 0 Å². The van der Waals surface area contributed by atoms with Crippen LogP contribution in [-0.4, -0.2) is 28.4 Å². The van der Waals surface area contributed by atoms with E-state index in [0.717, 1.165) is 30.1 Å². The van der Waals surface area contributed by atoms with Crippen molar-refractivity contribution in [3.8, 4) is 0 Å². The number of carbonyl (C=O) groups excluding carboxylic acids is 1. The first-order valence-electron chi connectivity index (χ1n) is 8.54. The predicted molar refractivity (Wildman–Crippen MR) is 89.2 cm³/mol. The second-order valence-electron chi connectivity index (χ2n) is 7.13. The molecule has 0 spiro atoms. The summed E-state index contributed by atoms with van der Waals surface area (Å²) < 4.78 is 0. The van der Waals surface area contributed by atoms with Crippen molar-refractivity contribution in [1.29, 1.82) is 0 Å². The van der Waals surface area contributed by atoms with Gasteiger partial charge in [0.2, 0.25) is 0 Å². The molecule has 1 saturated heterocycles. The van der Waals surface area contributed by atoms with Crippen LogP contribution in [0.15, 0.2) is 18.2 Å². The lowest BCUT2D eigenvalue weighted by molar-refractivity contribution is 0.0621. The molecule has 2 aromatic rings. The molecule has 2 heterocycles. The molecule has 0 radical (unpaired) electrons. The normalized spacial score (nSPS) is 22.3. The number of H-pyrrole nitrogens is 1. The summed E-state index contributed by atoms with van der Waals surface area (Å²) in [6.07, 6.45) is 6.30. The number of aryl methyl sites for hydroxylation is 2. The molecule has 1 aliphatic carbocycles. The Morgan fingerprint density at radius 3 is 2.68 bits per heavy atom. The highest BCUT2D eigenvalue weighted by molar-refractivity contribution is 5.99. The van der Waals surface area contributed by atoms with Crippen LogP contribution in [0.5, 0.6) is 0 Å². The fraction of sp³-hybridized carbons (Fsp3) is 0.526. The Kier molecular flexibility index (Phi) is 3.24. The summed E-state index contributed by atoms with van der Waals surface area (Å²) in [6, 6.07) is 6.84. The zero-order valence-corrected chi connectivity index (χ0v) is 13.5. The van der Waals surface area contributed by atoms with Crippen LogP contribution in [0.2, 0.25) is 0 Å². The lowest BCUT2D eigenvalue weighted by Crippen LogP contribution is -2.42. The van der Waals surface area contributed by atoms with E-state index in [1.807, 2.05) is 6.07 Å². The lowest BCUT2D eigenvalue weighted by Gasteiger charge is -2.36. The van der Waals surface area contributed by atoms with Gasteiger partial charge >= 0.3 is 0 Å². The molecule has 1 N–H and O–H groups in total. The number of hydrogen-bond acceptors (Lipinski definition) is 1. The maximum Gasteiger partial charge on any atom is 0.270 e. The van der Waals surface area contributed by atoms with Crippen LogP contribution < -0.4 is 0 Å². The van der Waals surface area contributed by atoms with Gasteiger partial charge in [-0.3, -0.25) is 4.79 Å². The molecule has 4 rings (SSSR count). The minimum atomic E-state index is 0.197. The number of rotatable bonds is 2. The van der Waals surface area contributed by atoms with Crippen LogP contribution in [-0.2, 0) is 0 Å². The Bertz CT molecular complexity index is 726. The Hall–Kier alpha value is -1.77. The van der Waals surface area contributed by atoms with Crippen molar-refractivity contribution in [3.63, 3.8) is 0 Å². The number of likely N-dealkylation sites (tertiary alicyclic amines) is 1. The van der Waals surface area contributed by atoms with Crippen LogP contribution in [0.25, 0.3) is 10.9 Å². The number of benzene rings is 1. The van der Waals surface area contributed by atoms with Crippen molar-refractivity contribution in [3.05, 3.63) is 35.0 Å². The van der Waals surface area contributed by atoms with E-state index in [9.17, 15) is 4.79 Å². The quantitative estimate of drug-likeness (QED) is 0.886. The molecule has 3 heteroatoms. The second kappa shape index (κ2) is 5.15. The average Bonchev–Trinajstić information content (AvgIpc) is 3.02. The van der Waals surface area contributed by atoms with E-state index in [4.69, 9.17) is 0 Å². The predicted octanol–water partition coefficient (Wildman–Crippen LogP) is 4.19. The summed E-state index contributed by atoms with van der Waals surface area (Å²) in [5.74, 6) is 0.947. The molecule has 2 fully saturated rings. The molecule has 22 heavy (non-hydrogen) atoms. The van der Waals surface area contributed by atoms with E-state index in [1.54, 1.807) is 0 Å². The summed E-state index contributed by atoms with van der Waals surface area (Å²) in [5.41, 5.74) is 4.32. The van der Waals surface area contributed by atoms with Gasteiger partial charge in [-0.25, -0.2) is 0 Å². The lowest BCUT2D eigenvalue weighted by atomic mass is 9.79. The molecule has 0 bridgehead atoms. The molecule has 1 atom stereocenters. The van der Waals surface area contributed by atoms with E-state index in [1.165, 1.54) is 42.2 Å². The van der Waals surface area contributed by atoms with Crippen LogP contribution >= 0.6 is 0 Å². The fourth-order valence-corrected chi connectivity index (χ4v) is 4.23. The van der Waals surface area contributed by atoms with Crippen molar-refractivity contribution in [2.75, 3.05) is 6.54 Å². The maximum absolute atomic E-state index is 13.0. The van der Waals surface area contributed by atoms with Gasteiger partial charge in [0.25, 0.3) is 5.91 Å².